The van der Waals surface area contributed by atoms with Crippen molar-refractivity contribution >= 4 is 50.7 Å². The molecule has 0 radical (unpaired) electrons. The van der Waals surface area contributed by atoms with E-state index >= 15 is 0 Å². The van der Waals surface area contributed by atoms with Crippen LogP contribution in [0.4, 0.5) is 0 Å². The first-order chi connectivity index (χ1) is 14.1. The number of pyridine rings is 1. The first-order valence-electron chi connectivity index (χ1n) is 9.57. The molecule has 7 heteroatoms. The third kappa shape index (κ3) is 3.72. The summed E-state index contributed by atoms with van der Waals surface area (Å²) in [7, 11) is 1.65. The molecule has 0 fully saturated rings. The molecule has 2 heterocycles. The maximum absolute atomic E-state index is 12.2. The summed E-state index contributed by atoms with van der Waals surface area (Å²) in [5.41, 5.74) is 3.88. The van der Waals surface area contributed by atoms with E-state index in [2.05, 4.69) is 0 Å². The molecule has 0 aliphatic heterocycles. The molecular weight excluding hydrogens is 429 g/mol. The molecule has 2 aromatic heterocycles. The van der Waals surface area contributed by atoms with Gasteiger partial charge in [-0.2, -0.15) is 0 Å². The maximum Gasteiger partial charge on any atom is 0.309 e. The first kappa shape index (κ1) is 20.5. The summed E-state index contributed by atoms with van der Waals surface area (Å²) in [4.78, 5) is 19.1. The number of aryl methyl sites for hydroxylation is 1. The lowest BCUT2D eigenvalue weighted by Gasteiger charge is -2.21. The van der Waals surface area contributed by atoms with Gasteiger partial charge in [-0.1, -0.05) is 23.7 Å². The van der Waals surface area contributed by atoms with E-state index < -0.39 is 0 Å². The third-order valence-corrected chi connectivity index (χ3v) is 7.14. The SMILES string of the molecule is CCOC(=O)C1CCc2c(sc3nc(CCl)c(Cl)c(-c4ccc(OC)cc4)c23)C1. The Balaban J connectivity index is 1.87. The Bertz CT molecular complexity index is 1060. The second kappa shape index (κ2) is 8.50. The Hall–Kier alpha value is -1.82. The van der Waals surface area contributed by atoms with E-state index in [1.165, 1.54) is 10.4 Å². The van der Waals surface area contributed by atoms with Crippen molar-refractivity contribution in [1.29, 1.82) is 0 Å². The Kier molecular flexibility index (Phi) is 6.00. The highest BCUT2D eigenvalue weighted by atomic mass is 35.5. The van der Waals surface area contributed by atoms with E-state index in [0.29, 0.717) is 23.7 Å². The molecule has 4 rings (SSSR count). The van der Waals surface area contributed by atoms with Crippen molar-refractivity contribution in [3.05, 3.63) is 45.4 Å². The second-order valence-electron chi connectivity index (χ2n) is 6.99. The van der Waals surface area contributed by atoms with E-state index in [1.807, 2.05) is 31.2 Å². The van der Waals surface area contributed by atoms with Gasteiger partial charge >= 0.3 is 5.97 Å². The van der Waals surface area contributed by atoms with E-state index in [-0.39, 0.29) is 17.8 Å². The predicted molar refractivity (Wildman–Crippen MR) is 118 cm³/mol. The predicted octanol–water partition coefficient (Wildman–Crippen LogP) is 6.03. The molecule has 1 aromatic carbocycles. The van der Waals surface area contributed by atoms with Gasteiger partial charge in [-0.05, 0) is 49.4 Å². The van der Waals surface area contributed by atoms with Gasteiger partial charge in [-0.3, -0.25) is 4.79 Å². The lowest BCUT2D eigenvalue weighted by Crippen LogP contribution is -2.23. The number of methoxy groups -OCH3 is 1. The number of alkyl halides is 1. The van der Waals surface area contributed by atoms with Crippen LogP contribution in [0.5, 0.6) is 5.75 Å². The Labute approximate surface area is 183 Å². The van der Waals surface area contributed by atoms with Gasteiger partial charge in [0.15, 0.2) is 0 Å². The van der Waals surface area contributed by atoms with Crippen molar-refractivity contribution in [2.75, 3.05) is 13.7 Å². The van der Waals surface area contributed by atoms with Gasteiger partial charge in [0.25, 0.3) is 0 Å². The molecule has 0 amide bonds. The lowest BCUT2D eigenvalue weighted by atomic mass is 9.86. The van der Waals surface area contributed by atoms with Crippen LogP contribution in [-0.2, 0) is 28.3 Å². The van der Waals surface area contributed by atoms with Gasteiger partial charge < -0.3 is 9.47 Å². The van der Waals surface area contributed by atoms with Crippen molar-refractivity contribution in [2.24, 2.45) is 5.92 Å². The standard InChI is InChI=1S/C22H21Cl2NO3S/c1-3-28-22(26)13-6-9-15-17(10-13)29-21-19(15)18(20(24)16(11-23)25-21)12-4-7-14(27-2)8-5-12/h4-5,7-8,13H,3,6,9-11H2,1-2H3. The summed E-state index contributed by atoms with van der Waals surface area (Å²) in [6.07, 6.45) is 2.26. The van der Waals surface area contributed by atoms with Gasteiger partial charge in [-0.25, -0.2) is 4.98 Å². The summed E-state index contributed by atoms with van der Waals surface area (Å²) in [6, 6.07) is 7.86. The summed E-state index contributed by atoms with van der Waals surface area (Å²) in [5, 5.41) is 1.67. The fraction of sp³-hybridized carbons (Fsp3) is 0.364. The summed E-state index contributed by atoms with van der Waals surface area (Å²) >= 11 is 14.5. The van der Waals surface area contributed by atoms with E-state index in [0.717, 1.165) is 39.9 Å². The van der Waals surface area contributed by atoms with Crippen LogP contribution in [-0.4, -0.2) is 24.7 Å². The minimum Gasteiger partial charge on any atom is -0.497 e. The minimum absolute atomic E-state index is 0.0945. The molecule has 1 aliphatic rings. The normalized spacial score (nSPS) is 15.9. The highest BCUT2D eigenvalue weighted by Crippen LogP contribution is 2.46. The molecule has 0 bridgehead atoms. The zero-order chi connectivity index (χ0) is 20.5. The van der Waals surface area contributed by atoms with Gasteiger partial charge in [-0.15, -0.1) is 22.9 Å². The number of halogens is 2. The number of hydrogen-bond acceptors (Lipinski definition) is 5. The van der Waals surface area contributed by atoms with Gasteiger partial charge in [0, 0.05) is 15.8 Å². The van der Waals surface area contributed by atoms with Gasteiger partial charge in [0.1, 0.15) is 10.6 Å². The molecule has 0 spiro atoms. The summed E-state index contributed by atoms with van der Waals surface area (Å²) < 4.78 is 10.5. The van der Waals surface area contributed by atoms with Crippen LogP contribution in [0.3, 0.4) is 0 Å². The third-order valence-electron chi connectivity index (χ3n) is 5.33. The van der Waals surface area contributed by atoms with E-state index in [4.69, 9.17) is 37.7 Å². The fourth-order valence-corrected chi connectivity index (χ4v) is 5.82. The van der Waals surface area contributed by atoms with Crippen LogP contribution < -0.4 is 4.74 Å². The molecule has 1 aliphatic carbocycles. The topological polar surface area (TPSA) is 48.4 Å². The molecule has 0 saturated carbocycles. The largest absolute Gasteiger partial charge is 0.497 e. The number of hydrogen-bond donors (Lipinski definition) is 0. The number of fused-ring (bicyclic) bond motifs is 3. The molecule has 29 heavy (non-hydrogen) atoms. The number of carbonyl (C=O) groups excluding carboxylic acids is 1. The zero-order valence-corrected chi connectivity index (χ0v) is 18.6. The highest BCUT2D eigenvalue weighted by Gasteiger charge is 2.30. The average Bonchev–Trinajstić information content (AvgIpc) is 3.10. The van der Waals surface area contributed by atoms with Crippen LogP contribution >= 0.6 is 34.5 Å². The number of aromatic nitrogens is 1. The van der Waals surface area contributed by atoms with Crippen molar-refractivity contribution in [1.82, 2.24) is 4.98 Å². The van der Waals surface area contributed by atoms with Crippen LogP contribution in [0.25, 0.3) is 21.3 Å². The van der Waals surface area contributed by atoms with Crippen molar-refractivity contribution in [3.63, 3.8) is 0 Å². The van der Waals surface area contributed by atoms with Crippen molar-refractivity contribution < 1.29 is 14.3 Å². The molecule has 152 valence electrons. The van der Waals surface area contributed by atoms with Crippen molar-refractivity contribution in [3.8, 4) is 16.9 Å². The number of esters is 1. The van der Waals surface area contributed by atoms with Gasteiger partial charge in [0.2, 0.25) is 0 Å². The fourth-order valence-electron chi connectivity index (χ4n) is 3.91. The molecule has 3 aromatic rings. The first-order valence-corrected chi connectivity index (χ1v) is 11.3. The monoisotopic (exact) mass is 449 g/mol. The molecule has 0 N–H and O–H groups in total. The van der Waals surface area contributed by atoms with Crippen LogP contribution in [0.2, 0.25) is 5.02 Å². The van der Waals surface area contributed by atoms with Crippen LogP contribution in [0.15, 0.2) is 24.3 Å². The Morgan fingerprint density at radius 3 is 2.72 bits per heavy atom. The van der Waals surface area contributed by atoms with Crippen LogP contribution in [0, 0.1) is 5.92 Å². The number of benzene rings is 1. The minimum atomic E-state index is -0.113. The second-order valence-corrected chi connectivity index (χ2v) is 8.71. The lowest BCUT2D eigenvalue weighted by molar-refractivity contribution is -0.148. The number of ether oxygens (including phenoxy) is 2. The maximum atomic E-state index is 12.2. The van der Waals surface area contributed by atoms with E-state index in [1.54, 1.807) is 18.4 Å². The molecular formula is C22H21Cl2NO3S. The summed E-state index contributed by atoms with van der Waals surface area (Å²) in [6.45, 7) is 2.25. The number of rotatable bonds is 5. The van der Waals surface area contributed by atoms with Crippen LogP contribution in [0.1, 0.15) is 29.5 Å². The van der Waals surface area contributed by atoms with Crippen molar-refractivity contribution in [2.45, 2.75) is 32.1 Å². The molecule has 1 atom stereocenters. The number of thiophene rings is 1. The Morgan fingerprint density at radius 2 is 2.07 bits per heavy atom. The smallest absolute Gasteiger partial charge is 0.309 e. The van der Waals surface area contributed by atoms with Gasteiger partial charge in [0.05, 0.1) is 36.2 Å². The number of nitrogens with zero attached hydrogens (tertiary/aromatic N) is 1. The Morgan fingerprint density at radius 1 is 1.31 bits per heavy atom. The molecule has 0 saturated heterocycles. The number of carbonyl (C=O) groups is 1. The highest BCUT2D eigenvalue weighted by molar-refractivity contribution is 7.19. The molecule has 4 nitrogen and oxygen atoms in total. The van der Waals surface area contributed by atoms with E-state index in [9.17, 15) is 4.79 Å². The molecule has 1 unspecified atom stereocenters. The quantitative estimate of drug-likeness (QED) is 0.352. The summed E-state index contributed by atoms with van der Waals surface area (Å²) in [5.74, 6) is 0.824. The average molecular weight is 450 g/mol. The zero-order valence-electron chi connectivity index (χ0n) is 16.3.